The number of hydrogen-bond acceptors (Lipinski definition) is 2. The van der Waals surface area contributed by atoms with Gasteiger partial charge in [0, 0.05) is 23.5 Å². The van der Waals surface area contributed by atoms with Gasteiger partial charge in [-0.2, -0.15) is 0 Å². The lowest BCUT2D eigenvalue weighted by Gasteiger charge is -2.37. The van der Waals surface area contributed by atoms with Crippen LogP contribution in [0, 0.1) is 11.6 Å². The number of aromatic nitrogens is 1. The summed E-state index contributed by atoms with van der Waals surface area (Å²) in [6.45, 7) is 2.71. The van der Waals surface area contributed by atoms with Gasteiger partial charge in [0.05, 0.1) is 31.7 Å². The van der Waals surface area contributed by atoms with Crippen LogP contribution in [0.25, 0.3) is 0 Å². The Morgan fingerprint density at radius 1 is 0.897 bits per heavy atom. The van der Waals surface area contributed by atoms with Crippen LogP contribution < -0.4 is 4.90 Å². The molecular weight excluding hydrogens is 372 g/mol. The Labute approximate surface area is 168 Å². The molecule has 1 N–H and O–H groups in total. The minimum Gasteiger partial charge on any atom is -0.327 e. The van der Waals surface area contributed by atoms with Crippen LogP contribution in [0.4, 0.5) is 8.78 Å². The number of carbonyl (C=O) groups excluding carboxylic acids is 1. The molecule has 1 saturated heterocycles. The molecule has 1 aliphatic heterocycles. The molecule has 0 spiro atoms. The lowest BCUT2D eigenvalue weighted by atomic mass is 9.96. The Hall–Kier alpha value is -3.12. The van der Waals surface area contributed by atoms with Crippen molar-refractivity contribution in [3.05, 3.63) is 101 Å². The Balaban J connectivity index is 1.54. The van der Waals surface area contributed by atoms with Crippen molar-refractivity contribution in [3.8, 4) is 0 Å². The summed E-state index contributed by atoms with van der Waals surface area (Å²) in [5, 5.41) is 0. The van der Waals surface area contributed by atoms with Gasteiger partial charge in [-0.1, -0.05) is 0 Å². The molecule has 0 atom stereocenters. The number of halogens is 2. The zero-order chi connectivity index (χ0) is 20.2. The second-order valence-corrected chi connectivity index (χ2v) is 7.23. The van der Waals surface area contributed by atoms with Crippen molar-refractivity contribution in [2.75, 3.05) is 26.2 Å². The summed E-state index contributed by atoms with van der Waals surface area (Å²) in [6, 6.07) is 16.4. The number of benzene rings is 2. The number of piperazine rings is 1. The number of pyridine rings is 1. The van der Waals surface area contributed by atoms with Crippen molar-refractivity contribution in [2.24, 2.45) is 0 Å². The van der Waals surface area contributed by atoms with Crippen LogP contribution in [0.15, 0.2) is 73.1 Å². The highest BCUT2D eigenvalue weighted by molar-refractivity contribution is 5.93. The molecule has 2 aromatic carbocycles. The Morgan fingerprint density at radius 3 is 1.93 bits per heavy atom. The topological polar surface area (TPSA) is 37.6 Å². The van der Waals surface area contributed by atoms with E-state index in [1.54, 1.807) is 48.8 Å². The van der Waals surface area contributed by atoms with Crippen molar-refractivity contribution in [1.82, 2.24) is 9.88 Å². The number of carbonyl (C=O) groups is 1. The monoisotopic (exact) mass is 394 g/mol. The lowest BCUT2D eigenvalue weighted by molar-refractivity contribution is -0.929. The number of rotatable bonds is 4. The van der Waals surface area contributed by atoms with Crippen LogP contribution in [0.3, 0.4) is 0 Å². The van der Waals surface area contributed by atoms with Crippen molar-refractivity contribution in [2.45, 2.75) is 6.04 Å². The maximum absolute atomic E-state index is 13.4. The summed E-state index contributed by atoms with van der Waals surface area (Å²) in [4.78, 5) is 19.8. The standard InChI is InChI=1S/C23H21F2N3O/c24-20-7-3-17(4-8-20)22(18-5-9-21(25)10-6-18)27-12-14-28(15-13-27)23(29)19-2-1-11-26-16-19/h1-11,16,22H,12-15H2/p+1. The first-order valence-electron chi connectivity index (χ1n) is 9.66. The van der Waals surface area contributed by atoms with E-state index < -0.39 is 0 Å². The summed E-state index contributed by atoms with van der Waals surface area (Å²) >= 11 is 0. The van der Waals surface area contributed by atoms with Gasteiger partial charge in [0.25, 0.3) is 5.91 Å². The van der Waals surface area contributed by atoms with Crippen molar-refractivity contribution in [1.29, 1.82) is 0 Å². The SMILES string of the molecule is O=C(c1cccnc1)N1CC[NH+](C(c2ccc(F)cc2)c2ccc(F)cc2)CC1. The molecule has 4 rings (SSSR count). The summed E-state index contributed by atoms with van der Waals surface area (Å²) < 4.78 is 26.9. The van der Waals surface area contributed by atoms with E-state index in [0.29, 0.717) is 18.7 Å². The molecule has 4 nitrogen and oxygen atoms in total. The molecular formula is C23H22F2N3O+. The normalized spacial score (nSPS) is 14.9. The van der Waals surface area contributed by atoms with Gasteiger partial charge in [0.15, 0.2) is 0 Å². The van der Waals surface area contributed by atoms with Gasteiger partial charge in [0.1, 0.15) is 17.7 Å². The molecule has 6 heteroatoms. The molecule has 1 aliphatic rings. The largest absolute Gasteiger partial charge is 0.327 e. The smallest absolute Gasteiger partial charge is 0.255 e. The molecule has 148 valence electrons. The van der Waals surface area contributed by atoms with E-state index in [4.69, 9.17) is 0 Å². The van der Waals surface area contributed by atoms with Gasteiger partial charge in [-0.15, -0.1) is 0 Å². The Bertz CT molecular complexity index is 908. The molecule has 2 heterocycles. The summed E-state index contributed by atoms with van der Waals surface area (Å²) in [7, 11) is 0. The van der Waals surface area contributed by atoms with Crippen LogP contribution in [-0.2, 0) is 0 Å². The Kier molecular flexibility index (Phi) is 5.62. The highest BCUT2D eigenvalue weighted by Crippen LogP contribution is 2.21. The molecule has 0 unspecified atom stereocenters. The quantitative estimate of drug-likeness (QED) is 0.738. The molecule has 0 saturated carbocycles. The average molecular weight is 394 g/mol. The fraction of sp³-hybridized carbons (Fsp3) is 0.217. The first-order valence-corrected chi connectivity index (χ1v) is 9.66. The lowest BCUT2D eigenvalue weighted by Crippen LogP contribution is -3.15. The zero-order valence-corrected chi connectivity index (χ0v) is 15.9. The second-order valence-electron chi connectivity index (χ2n) is 7.23. The van der Waals surface area contributed by atoms with E-state index in [1.165, 1.54) is 29.2 Å². The highest BCUT2D eigenvalue weighted by atomic mass is 19.1. The average Bonchev–Trinajstić information content (AvgIpc) is 2.77. The number of amides is 1. The molecule has 0 aliphatic carbocycles. The number of nitrogens with one attached hydrogen (secondary N) is 1. The summed E-state index contributed by atoms with van der Waals surface area (Å²) in [6.07, 6.45) is 3.23. The number of nitrogens with zero attached hydrogens (tertiary/aromatic N) is 2. The van der Waals surface area contributed by atoms with Crippen molar-refractivity contribution < 1.29 is 18.5 Å². The van der Waals surface area contributed by atoms with E-state index in [2.05, 4.69) is 4.98 Å². The second kappa shape index (κ2) is 8.49. The minimum absolute atomic E-state index is 0.0164. The predicted octanol–water partition coefficient (Wildman–Crippen LogP) is 2.49. The van der Waals surface area contributed by atoms with Crippen LogP contribution in [-0.4, -0.2) is 42.0 Å². The first kappa shape index (κ1) is 19.2. The fourth-order valence-corrected chi connectivity index (χ4v) is 3.93. The van der Waals surface area contributed by atoms with Crippen LogP contribution in [0.5, 0.6) is 0 Å². The molecule has 0 radical (unpaired) electrons. The van der Waals surface area contributed by atoms with E-state index >= 15 is 0 Å². The molecule has 1 fully saturated rings. The third kappa shape index (κ3) is 4.32. The first-order chi connectivity index (χ1) is 14.1. The van der Waals surface area contributed by atoms with E-state index in [0.717, 1.165) is 24.2 Å². The van der Waals surface area contributed by atoms with Gasteiger partial charge in [-0.3, -0.25) is 9.78 Å². The number of quaternary nitrogens is 1. The molecule has 1 aromatic heterocycles. The predicted molar refractivity (Wildman–Crippen MR) is 105 cm³/mol. The summed E-state index contributed by atoms with van der Waals surface area (Å²) in [5.74, 6) is -0.584. The van der Waals surface area contributed by atoms with Crippen LogP contribution >= 0.6 is 0 Å². The molecule has 29 heavy (non-hydrogen) atoms. The maximum Gasteiger partial charge on any atom is 0.255 e. The zero-order valence-electron chi connectivity index (χ0n) is 15.9. The van der Waals surface area contributed by atoms with Gasteiger partial charge >= 0.3 is 0 Å². The maximum atomic E-state index is 13.4. The number of hydrogen-bond donors (Lipinski definition) is 1. The van der Waals surface area contributed by atoms with Crippen molar-refractivity contribution in [3.63, 3.8) is 0 Å². The van der Waals surface area contributed by atoms with Gasteiger partial charge in [-0.05, 0) is 60.7 Å². The van der Waals surface area contributed by atoms with Gasteiger partial charge < -0.3 is 9.80 Å². The third-order valence-electron chi connectivity index (χ3n) is 5.42. The Morgan fingerprint density at radius 2 is 1.45 bits per heavy atom. The summed E-state index contributed by atoms with van der Waals surface area (Å²) in [5.41, 5.74) is 2.53. The van der Waals surface area contributed by atoms with Crippen LogP contribution in [0.1, 0.15) is 27.5 Å². The molecule has 1 amide bonds. The molecule has 0 bridgehead atoms. The third-order valence-corrected chi connectivity index (χ3v) is 5.42. The van der Waals surface area contributed by atoms with E-state index in [-0.39, 0.29) is 23.6 Å². The fourth-order valence-electron chi connectivity index (χ4n) is 3.93. The minimum atomic E-state index is -0.284. The van der Waals surface area contributed by atoms with E-state index in [9.17, 15) is 13.6 Å². The highest BCUT2D eigenvalue weighted by Gasteiger charge is 2.32. The van der Waals surface area contributed by atoms with E-state index in [1.807, 2.05) is 4.90 Å². The van der Waals surface area contributed by atoms with Crippen molar-refractivity contribution >= 4 is 5.91 Å². The van der Waals surface area contributed by atoms with Crippen LogP contribution in [0.2, 0.25) is 0 Å². The van der Waals surface area contributed by atoms with Gasteiger partial charge in [-0.25, -0.2) is 8.78 Å². The molecule has 3 aromatic rings. The van der Waals surface area contributed by atoms with Gasteiger partial charge in [0.2, 0.25) is 0 Å².